The maximum Gasteiger partial charge on any atom is 0.138 e. The van der Waals surface area contributed by atoms with E-state index in [1.54, 1.807) is 11.0 Å². The monoisotopic (exact) mass is 282 g/mol. The molecule has 4 nitrogen and oxygen atoms in total. The standard InChI is InChI=1S/C12H15ClN4S/c1-18-7-3-6-15-11-5-2-4-10(13)12(11)17-9-14-8-16-17/h2,4-5,8-9,15H,3,6-7H2,1H3. The van der Waals surface area contributed by atoms with Crippen molar-refractivity contribution in [1.82, 2.24) is 14.8 Å². The summed E-state index contributed by atoms with van der Waals surface area (Å²) in [4.78, 5) is 3.95. The Labute approximate surface area is 116 Å². The minimum atomic E-state index is 0.662. The molecule has 0 amide bonds. The first-order valence-corrected chi connectivity index (χ1v) is 7.46. The average molecular weight is 283 g/mol. The molecule has 2 rings (SSSR count). The maximum atomic E-state index is 6.23. The van der Waals surface area contributed by atoms with Crippen molar-refractivity contribution in [2.24, 2.45) is 0 Å². The molecule has 1 N–H and O–H groups in total. The van der Waals surface area contributed by atoms with Crippen LogP contribution in [0.5, 0.6) is 0 Å². The summed E-state index contributed by atoms with van der Waals surface area (Å²) >= 11 is 8.08. The second kappa shape index (κ2) is 6.66. The fourth-order valence-corrected chi connectivity index (χ4v) is 2.35. The van der Waals surface area contributed by atoms with E-state index in [0.717, 1.165) is 30.1 Å². The Morgan fingerprint density at radius 2 is 2.33 bits per heavy atom. The Morgan fingerprint density at radius 3 is 3.06 bits per heavy atom. The number of rotatable bonds is 6. The molecular formula is C12H15ClN4S. The van der Waals surface area contributed by atoms with E-state index in [2.05, 4.69) is 21.7 Å². The van der Waals surface area contributed by atoms with Crippen LogP contribution in [0.4, 0.5) is 5.69 Å². The lowest BCUT2D eigenvalue weighted by Crippen LogP contribution is -2.07. The van der Waals surface area contributed by atoms with Gasteiger partial charge in [0.05, 0.1) is 10.7 Å². The Balaban J connectivity index is 2.17. The van der Waals surface area contributed by atoms with E-state index in [-0.39, 0.29) is 0 Å². The number of aromatic nitrogens is 3. The summed E-state index contributed by atoms with van der Waals surface area (Å²) in [6.45, 7) is 0.920. The molecule has 1 aromatic heterocycles. The van der Waals surface area contributed by atoms with Crippen molar-refractivity contribution in [2.45, 2.75) is 6.42 Å². The lowest BCUT2D eigenvalue weighted by atomic mass is 10.2. The third kappa shape index (κ3) is 3.17. The van der Waals surface area contributed by atoms with Gasteiger partial charge in [-0.2, -0.15) is 16.9 Å². The molecule has 0 bridgehead atoms. The summed E-state index contributed by atoms with van der Waals surface area (Å²) < 4.78 is 1.68. The third-order valence-electron chi connectivity index (χ3n) is 2.48. The maximum absolute atomic E-state index is 6.23. The van der Waals surface area contributed by atoms with Crippen LogP contribution in [0.1, 0.15) is 6.42 Å². The Morgan fingerprint density at radius 1 is 1.44 bits per heavy atom. The number of nitrogens with one attached hydrogen (secondary N) is 1. The predicted octanol–water partition coefficient (Wildman–Crippen LogP) is 3.09. The van der Waals surface area contributed by atoms with Crippen LogP contribution in [-0.2, 0) is 0 Å². The largest absolute Gasteiger partial charge is 0.383 e. The molecular weight excluding hydrogens is 268 g/mol. The van der Waals surface area contributed by atoms with Gasteiger partial charge in [0.15, 0.2) is 0 Å². The van der Waals surface area contributed by atoms with Gasteiger partial charge in [-0.05, 0) is 30.6 Å². The molecule has 1 heterocycles. The van der Waals surface area contributed by atoms with Crippen LogP contribution in [0, 0.1) is 0 Å². The number of thioether (sulfide) groups is 1. The van der Waals surface area contributed by atoms with E-state index >= 15 is 0 Å². The van der Waals surface area contributed by atoms with E-state index in [4.69, 9.17) is 11.6 Å². The number of benzene rings is 1. The summed E-state index contributed by atoms with van der Waals surface area (Å²) in [5, 5.41) is 8.18. The van der Waals surface area contributed by atoms with Crippen molar-refractivity contribution >= 4 is 29.1 Å². The van der Waals surface area contributed by atoms with Crippen molar-refractivity contribution < 1.29 is 0 Å². The van der Waals surface area contributed by atoms with E-state index < -0.39 is 0 Å². The minimum absolute atomic E-state index is 0.662. The second-order valence-electron chi connectivity index (χ2n) is 3.75. The second-order valence-corrected chi connectivity index (χ2v) is 5.14. The molecule has 6 heteroatoms. The predicted molar refractivity (Wildman–Crippen MR) is 77.9 cm³/mol. The summed E-state index contributed by atoms with van der Waals surface area (Å²) in [6.07, 6.45) is 6.37. The molecule has 0 saturated heterocycles. The number of hydrogen-bond acceptors (Lipinski definition) is 4. The highest BCUT2D eigenvalue weighted by atomic mass is 35.5. The summed E-state index contributed by atoms with van der Waals surface area (Å²) in [5.41, 5.74) is 1.83. The Bertz CT molecular complexity index is 487. The number of para-hydroxylation sites is 1. The Kier molecular flexibility index (Phi) is 4.90. The van der Waals surface area contributed by atoms with Crippen LogP contribution in [-0.4, -0.2) is 33.3 Å². The Hall–Kier alpha value is -1.20. The first-order chi connectivity index (χ1) is 8.83. The SMILES string of the molecule is CSCCCNc1cccc(Cl)c1-n1cncn1. The summed E-state index contributed by atoms with van der Waals surface area (Å²) in [6, 6.07) is 5.79. The van der Waals surface area contributed by atoms with Crippen LogP contribution in [0.25, 0.3) is 5.69 Å². The highest BCUT2D eigenvalue weighted by Crippen LogP contribution is 2.27. The minimum Gasteiger partial charge on any atom is -0.383 e. The molecule has 0 aliphatic heterocycles. The average Bonchev–Trinajstić information content (AvgIpc) is 2.88. The van der Waals surface area contributed by atoms with Crippen molar-refractivity contribution in [2.75, 3.05) is 23.9 Å². The molecule has 0 fully saturated rings. The number of nitrogens with zero attached hydrogens (tertiary/aromatic N) is 3. The fourth-order valence-electron chi connectivity index (χ4n) is 1.65. The lowest BCUT2D eigenvalue weighted by molar-refractivity contribution is 0.876. The lowest BCUT2D eigenvalue weighted by Gasteiger charge is -2.12. The van der Waals surface area contributed by atoms with E-state index in [9.17, 15) is 0 Å². The van der Waals surface area contributed by atoms with Gasteiger partial charge in [-0.3, -0.25) is 0 Å². The van der Waals surface area contributed by atoms with Gasteiger partial charge in [0, 0.05) is 6.54 Å². The van der Waals surface area contributed by atoms with E-state index in [1.807, 2.05) is 30.0 Å². The molecule has 0 unspecified atom stereocenters. The smallest absolute Gasteiger partial charge is 0.138 e. The normalized spacial score (nSPS) is 10.6. The van der Waals surface area contributed by atoms with E-state index in [1.165, 1.54) is 6.33 Å². The van der Waals surface area contributed by atoms with Crippen molar-refractivity contribution in [3.05, 3.63) is 35.9 Å². The molecule has 1 aromatic carbocycles. The zero-order chi connectivity index (χ0) is 12.8. The van der Waals surface area contributed by atoms with Gasteiger partial charge in [-0.1, -0.05) is 17.7 Å². The van der Waals surface area contributed by atoms with Crippen LogP contribution < -0.4 is 5.32 Å². The number of hydrogen-bond donors (Lipinski definition) is 1. The fraction of sp³-hybridized carbons (Fsp3) is 0.333. The molecule has 0 aliphatic carbocycles. The van der Waals surface area contributed by atoms with Crippen LogP contribution in [0.15, 0.2) is 30.9 Å². The first kappa shape index (κ1) is 13.2. The van der Waals surface area contributed by atoms with Crippen molar-refractivity contribution in [3.8, 4) is 5.69 Å². The van der Waals surface area contributed by atoms with Crippen LogP contribution in [0.2, 0.25) is 5.02 Å². The molecule has 18 heavy (non-hydrogen) atoms. The summed E-state index contributed by atoms with van der Waals surface area (Å²) in [7, 11) is 0. The number of anilines is 1. The van der Waals surface area contributed by atoms with Gasteiger partial charge in [-0.25, -0.2) is 9.67 Å². The van der Waals surface area contributed by atoms with Gasteiger partial charge >= 0.3 is 0 Å². The van der Waals surface area contributed by atoms with Gasteiger partial charge < -0.3 is 5.32 Å². The zero-order valence-electron chi connectivity index (χ0n) is 10.1. The molecule has 0 atom stereocenters. The highest BCUT2D eigenvalue weighted by Gasteiger charge is 2.09. The van der Waals surface area contributed by atoms with Gasteiger partial charge in [-0.15, -0.1) is 0 Å². The molecule has 2 aromatic rings. The van der Waals surface area contributed by atoms with Crippen molar-refractivity contribution in [3.63, 3.8) is 0 Å². The number of halogens is 1. The zero-order valence-corrected chi connectivity index (χ0v) is 11.7. The first-order valence-electron chi connectivity index (χ1n) is 5.69. The topological polar surface area (TPSA) is 42.7 Å². The van der Waals surface area contributed by atoms with Crippen molar-refractivity contribution in [1.29, 1.82) is 0 Å². The van der Waals surface area contributed by atoms with Gasteiger partial charge in [0.2, 0.25) is 0 Å². The van der Waals surface area contributed by atoms with Gasteiger partial charge in [0.25, 0.3) is 0 Å². The summed E-state index contributed by atoms with van der Waals surface area (Å²) in [5.74, 6) is 1.15. The molecule has 0 aliphatic rings. The quantitative estimate of drug-likeness (QED) is 0.827. The van der Waals surface area contributed by atoms with E-state index in [0.29, 0.717) is 5.02 Å². The van der Waals surface area contributed by atoms with Crippen LogP contribution >= 0.6 is 23.4 Å². The van der Waals surface area contributed by atoms with Crippen LogP contribution in [0.3, 0.4) is 0 Å². The van der Waals surface area contributed by atoms with Gasteiger partial charge in [0.1, 0.15) is 18.3 Å². The molecule has 0 saturated carbocycles. The highest BCUT2D eigenvalue weighted by molar-refractivity contribution is 7.98. The molecule has 0 spiro atoms. The third-order valence-corrected chi connectivity index (χ3v) is 3.48. The molecule has 0 radical (unpaired) electrons. The molecule has 96 valence electrons.